The number of pyridine rings is 1. The zero-order chi connectivity index (χ0) is 14.1. The second-order valence-corrected chi connectivity index (χ2v) is 4.27. The second-order valence-electron chi connectivity index (χ2n) is 4.27. The lowest BCUT2D eigenvalue weighted by atomic mass is 10.3. The molecule has 0 unspecified atom stereocenters. The van der Waals surface area contributed by atoms with Crippen molar-refractivity contribution in [1.82, 2.24) is 29.5 Å². The van der Waals surface area contributed by atoms with Gasteiger partial charge in [0.25, 0.3) is 5.56 Å². The Labute approximate surface area is 113 Å². The lowest BCUT2D eigenvalue weighted by Crippen LogP contribution is -2.21. The van der Waals surface area contributed by atoms with Crippen LogP contribution in [0.1, 0.15) is 5.56 Å². The van der Waals surface area contributed by atoms with E-state index in [0.29, 0.717) is 18.1 Å². The molecule has 0 radical (unpaired) electrons. The summed E-state index contributed by atoms with van der Waals surface area (Å²) in [6, 6.07) is 3.59. The molecule has 0 N–H and O–H groups in total. The summed E-state index contributed by atoms with van der Waals surface area (Å²) in [5.74, 6) is 0.531. The quantitative estimate of drug-likeness (QED) is 0.665. The monoisotopic (exact) mass is 272 g/mol. The highest BCUT2D eigenvalue weighted by atomic mass is 16.5. The molecule has 8 heteroatoms. The second kappa shape index (κ2) is 4.72. The van der Waals surface area contributed by atoms with E-state index < -0.39 is 0 Å². The maximum absolute atomic E-state index is 12.2. The molecule has 0 saturated heterocycles. The molecule has 3 rings (SSSR count). The first-order chi connectivity index (χ1) is 9.69. The minimum Gasteiger partial charge on any atom is -0.481 e. The largest absolute Gasteiger partial charge is 0.481 e. The summed E-state index contributed by atoms with van der Waals surface area (Å²) >= 11 is 0. The van der Waals surface area contributed by atoms with E-state index in [-0.39, 0.29) is 11.1 Å². The van der Waals surface area contributed by atoms with Gasteiger partial charge in [-0.3, -0.25) is 9.36 Å². The maximum Gasteiger partial charge on any atom is 0.283 e. The Morgan fingerprint density at radius 2 is 2.15 bits per heavy atom. The normalized spacial score (nSPS) is 10.9. The third-order valence-electron chi connectivity index (χ3n) is 2.94. The van der Waals surface area contributed by atoms with Gasteiger partial charge in [-0.1, -0.05) is 11.3 Å². The van der Waals surface area contributed by atoms with Gasteiger partial charge in [0.2, 0.25) is 5.88 Å². The smallest absolute Gasteiger partial charge is 0.283 e. The third kappa shape index (κ3) is 2.00. The molecule has 3 aromatic heterocycles. The molecular formula is C12H12N6O2. The van der Waals surface area contributed by atoms with Crippen molar-refractivity contribution >= 4 is 11.2 Å². The first kappa shape index (κ1) is 12.3. The molecule has 0 atom stereocenters. The summed E-state index contributed by atoms with van der Waals surface area (Å²) in [7, 11) is 3.25. The van der Waals surface area contributed by atoms with Crippen LogP contribution in [-0.4, -0.2) is 36.6 Å². The van der Waals surface area contributed by atoms with Crippen molar-refractivity contribution in [2.24, 2.45) is 7.05 Å². The van der Waals surface area contributed by atoms with Crippen LogP contribution in [0, 0.1) is 0 Å². The van der Waals surface area contributed by atoms with E-state index in [0.717, 1.165) is 5.56 Å². The molecule has 0 aromatic carbocycles. The molecule has 0 aliphatic heterocycles. The molecule has 0 amide bonds. The fourth-order valence-electron chi connectivity index (χ4n) is 1.88. The summed E-state index contributed by atoms with van der Waals surface area (Å²) in [5.41, 5.74) is 1.38. The van der Waals surface area contributed by atoms with Crippen molar-refractivity contribution in [3.8, 4) is 5.88 Å². The zero-order valence-electron chi connectivity index (χ0n) is 11.0. The number of ether oxygens (including phenoxy) is 1. The van der Waals surface area contributed by atoms with Gasteiger partial charge in [0.1, 0.15) is 6.33 Å². The zero-order valence-corrected chi connectivity index (χ0v) is 11.0. The molecule has 3 aromatic rings. The number of methoxy groups -OCH3 is 1. The number of hydrogen-bond acceptors (Lipinski definition) is 6. The molecule has 102 valence electrons. The average molecular weight is 272 g/mol. The van der Waals surface area contributed by atoms with Crippen LogP contribution in [0.15, 0.2) is 29.5 Å². The molecule has 20 heavy (non-hydrogen) atoms. The van der Waals surface area contributed by atoms with E-state index in [4.69, 9.17) is 4.74 Å². The Morgan fingerprint density at radius 3 is 2.85 bits per heavy atom. The van der Waals surface area contributed by atoms with Crippen molar-refractivity contribution in [3.05, 3.63) is 40.6 Å². The maximum atomic E-state index is 12.2. The molecule has 0 saturated carbocycles. The number of hydrogen-bond donors (Lipinski definition) is 0. The van der Waals surface area contributed by atoms with Crippen molar-refractivity contribution in [2.45, 2.75) is 6.54 Å². The van der Waals surface area contributed by atoms with Gasteiger partial charge in [-0.15, -0.1) is 5.10 Å². The molecule has 0 aliphatic carbocycles. The highest BCUT2D eigenvalue weighted by Gasteiger charge is 2.10. The van der Waals surface area contributed by atoms with E-state index in [2.05, 4.69) is 20.3 Å². The number of aromatic nitrogens is 6. The van der Waals surface area contributed by atoms with E-state index in [1.807, 2.05) is 6.07 Å². The molecule has 3 heterocycles. The van der Waals surface area contributed by atoms with Crippen molar-refractivity contribution in [3.63, 3.8) is 0 Å². The molecule has 0 fully saturated rings. The van der Waals surface area contributed by atoms with Crippen molar-refractivity contribution in [2.75, 3.05) is 7.11 Å². The summed E-state index contributed by atoms with van der Waals surface area (Å²) in [6.45, 7) is 0.370. The third-order valence-corrected chi connectivity index (χ3v) is 2.94. The van der Waals surface area contributed by atoms with E-state index in [9.17, 15) is 4.79 Å². The van der Waals surface area contributed by atoms with Crippen LogP contribution in [0.25, 0.3) is 11.2 Å². The lowest BCUT2D eigenvalue weighted by molar-refractivity contribution is 0.397. The van der Waals surface area contributed by atoms with Gasteiger partial charge in [-0.25, -0.2) is 14.6 Å². The predicted molar refractivity (Wildman–Crippen MR) is 70.5 cm³/mol. The van der Waals surface area contributed by atoms with Crippen LogP contribution in [0.5, 0.6) is 5.88 Å². The first-order valence-electron chi connectivity index (χ1n) is 5.93. The van der Waals surface area contributed by atoms with Gasteiger partial charge < -0.3 is 4.74 Å². The molecule has 0 spiro atoms. The van der Waals surface area contributed by atoms with Crippen LogP contribution < -0.4 is 10.3 Å². The number of rotatable bonds is 3. The molecule has 0 bridgehead atoms. The topological polar surface area (TPSA) is 87.7 Å². The summed E-state index contributed by atoms with van der Waals surface area (Å²) in [4.78, 5) is 20.5. The number of nitrogens with zero attached hydrogens (tertiary/aromatic N) is 6. The van der Waals surface area contributed by atoms with E-state index >= 15 is 0 Å². The highest BCUT2D eigenvalue weighted by Crippen LogP contribution is 2.08. The summed E-state index contributed by atoms with van der Waals surface area (Å²) < 4.78 is 7.93. The van der Waals surface area contributed by atoms with E-state index in [1.165, 1.54) is 15.6 Å². The van der Waals surface area contributed by atoms with Gasteiger partial charge in [0.05, 0.1) is 13.7 Å². The Balaban J connectivity index is 1.97. The number of fused-ring (bicyclic) bond motifs is 1. The van der Waals surface area contributed by atoms with Gasteiger partial charge >= 0.3 is 0 Å². The van der Waals surface area contributed by atoms with E-state index in [1.54, 1.807) is 26.4 Å². The van der Waals surface area contributed by atoms with Crippen LogP contribution in [0.4, 0.5) is 0 Å². The van der Waals surface area contributed by atoms with Gasteiger partial charge in [0, 0.05) is 19.3 Å². The fourth-order valence-corrected chi connectivity index (χ4v) is 1.88. The van der Waals surface area contributed by atoms with Crippen molar-refractivity contribution < 1.29 is 4.74 Å². The average Bonchev–Trinajstić information content (AvgIpc) is 2.85. The standard InChI is InChI=1S/C12H12N6O2/c1-17-11-10(15-16-17)12(19)18(7-14-11)6-8-3-4-9(20-2)13-5-8/h3-5,7H,6H2,1-2H3. The van der Waals surface area contributed by atoms with Gasteiger partial charge in [-0.05, 0) is 5.56 Å². The molecular weight excluding hydrogens is 260 g/mol. The van der Waals surface area contributed by atoms with Crippen molar-refractivity contribution in [1.29, 1.82) is 0 Å². The van der Waals surface area contributed by atoms with Gasteiger partial charge in [0.15, 0.2) is 11.2 Å². The Bertz CT molecular complexity index is 805. The fraction of sp³-hybridized carbons (Fsp3) is 0.250. The van der Waals surface area contributed by atoms with Crippen LogP contribution in [-0.2, 0) is 13.6 Å². The lowest BCUT2D eigenvalue weighted by Gasteiger charge is -2.05. The predicted octanol–water partition coefficient (Wildman–Crippen LogP) is -0.0231. The highest BCUT2D eigenvalue weighted by molar-refractivity contribution is 5.67. The Hall–Kier alpha value is -2.77. The Morgan fingerprint density at radius 1 is 1.30 bits per heavy atom. The van der Waals surface area contributed by atoms with Crippen LogP contribution in [0.2, 0.25) is 0 Å². The SMILES string of the molecule is COc1ccc(Cn2cnc3c(nnn3C)c2=O)cn1. The van der Waals surface area contributed by atoms with Crippen LogP contribution >= 0.6 is 0 Å². The first-order valence-corrected chi connectivity index (χ1v) is 5.93. The molecule has 8 nitrogen and oxygen atoms in total. The van der Waals surface area contributed by atoms with Gasteiger partial charge in [-0.2, -0.15) is 0 Å². The summed E-state index contributed by atoms with van der Waals surface area (Å²) in [5, 5.41) is 7.62. The molecule has 0 aliphatic rings. The minimum atomic E-state index is -0.223. The van der Waals surface area contributed by atoms with Crippen LogP contribution in [0.3, 0.4) is 0 Å². The number of aryl methyl sites for hydroxylation is 1. The Kier molecular flexibility index (Phi) is 2.90. The summed E-state index contributed by atoms with van der Waals surface area (Å²) in [6.07, 6.45) is 3.14. The minimum absolute atomic E-state index is 0.223.